The third kappa shape index (κ3) is 64.1. The summed E-state index contributed by atoms with van der Waals surface area (Å²) in [5, 5.41) is 16.7. The molecule has 0 spiro atoms. The van der Waals surface area contributed by atoms with E-state index in [4.69, 9.17) is 15.0 Å². The van der Waals surface area contributed by atoms with Gasteiger partial charge in [0.05, 0.1) is 0 Å². The van der Waals surface area contributed by atoms with Crippen molar-refractivity contribution in [3.05, 3.63) is 0 Å². The van der Waals surface area contributed by atoms with Crippen LogP contribution in [0.15, 0.2) is 0 Å². The van der Waals surface area contributed by atoms with E-state index in [0.717, 1.165) is 0 Å². The Kier molecular flexibility index (Phi) is 51.3. The summed E-state index contributed by atoms with van der Waals surface area (Å²) in [7, 11) is 0. The molecule has 7 heavy (non-hydrogen) atoms. The van der Waals surface area contributed by atoms with Crippen molar-refractivity contribution in [3.63, 3.8) is 0 Å². The topological polar surface area (TPSA) is 63.2 Å². The maximum atomic E-state index is 8.33. The molecule has 0 aliphatic rings. The molecule has 0 aromatic heterocycles. The monoisotopic (exact) mass is 292 g/mol. The van der Waals surface area contributed by atoms with E-state index in [-0.39, 0.29) is 101 Å². The van der Waals surface area contributed by atoms with Gasteiger partial charge in [-0.15, -0.1) is 0 Å². The standard InChI is InChI=1S/CH2O3.ClH.Cs.Zn/c2-1(3)4;;;/h(H2,2,3,4);1H;;/q;;+1;+2/p-3. The fourth-order valence-corrected chi connectivity index (χ4v) is 0. The van der Waals surface area contributed by atoms with Crippen molar-refractivity contribution in [1.82, 2.24) is 0 Å². The molecule has 0 saturated heterocycles. The van der Waals surface area contributed by atoms with E-state index in [1.54, 1.807) is 0 Å². The Morgan fingerprint density at radius 2 is 1.29 bits per heavy atom. The maximum absolute atomic E-state index is 8.33. The number of hydrogen-bond donors (Lipinski definition) is 0. The van der Waals surface area contributed by atoms with E-state index >= 15 is 0 Å². The van der Waals surface area contributed by atoms with Crippen LogP contribution in [0.25, 0.3) is 0 Å². The normalized spacial score (nSPS) is 3.43. The van der Waals surface area contributed by atoms with Gasteiger partial charge < -0.3 is 27.4 Å². The van der Waals surface area contributed by atoms with Crippen LogP contribution in [0.2, 0.25) is 0 Å². The summed E-state index contributed by atoms with van der Waals surface area (Å²) in [6.45, 7) is 0. The minimum atomic E-state index is -2.33. The summed E-state index contributed by atoms with van der Waals surface area (Å²) in [6.07, 6.45) is -2.33. The van der Waals surface area contributed by atoms with Crippen LogP contribution in [0.3, 0.4) is 0 Å². The molecule has 0 heterocycles. The Bertz CT molecular complexity index is 37.9. The average molecular weight is 294 g/mol. The van der Waals surface area contributed by atoms with Gasteiger partial charge in [0.25, 0.3) is 0 Å². The first kappa shape index (κ1) is 22.9. The SMILES string of the molecule is O=C([O-])[O-].[Cl-].[Cs+].[Zn+2]. The zero-order valence-electron chi connectivity index (χ0n) is 3.81. The first-order valence-corrected chi connectivity index (χ1v) is 0.612. The van der Waals surface area contributed by atoms with Crippen molar-refractivity contribution >= 4 is 6.16 Å². The second-order valence-corrected chi connectivity index (χ2v) is 0.250. The summed E-state index contributed by atoms with van der Waals surface area (Å²) in [5.74, 6) is 0. The summed E-state index contributed by atoms with van der Waals surface area (Å²) in [4.78, 5) is 8.33. The van der Waals surface area contributed by atoms with E-state index in [0.29, 0.717) is 0 Å². The largest absolute Gasteiger partial charge is 2.00 e. The molecule has 0 rings (SSSR count). The quantitative estimate of drug-likeness (QED) is 0.417. The van der Waals surface area contributed by atoms with Gasteiger partial charge in [-0.3, -0.25) is 0 Å². The molecule has 0 bridgehead atoms. The predicted octanol–water partition coefficient (Wildman–Crippen LogP) is -8.44. The van der Waals surface area contributed by atoms with Crippen LogP contribution in [-0.2, 0) is 19.5 Å². The van der Waals surface area contributed by atoms with Gasteiger partial charge in [-0.1, -0.05) is 0 Å². The Morgan fingerprint density at radius 1 is 1.29 bits per heavy atom. The van der Waals surface area contributed by atoms with E-state index in [1.807, 2.05) is 0 Å². The Labute approximate surface area is 119 Å². The first-order chi connectivity index (χ1) is 1.73. The first-order valence-electron chi connectivity index (χ1n) is 0.612. The molecule has 0 aromatic rings. The van der Waals surface area contributed by atoms with E-state index in [9.17, 15) is 0 Å². The molecular weight excluding hydrogens is 294 g/mol. The number of carbonyl (C=O) groups excluding carboxylic acids is 1. The second-order valence-electron chi connectivity index (χ2n) is 0.250. The van der Waals surface area contributed by atoms with Crippen molar-refractivity contribution in [1.29, 1.82) is 0 Å². The molecular formula is CClCsO3Zn. The summed E-state index contributed by atoms with van der Waals surface area (Å²) >= 11 is 0. The molecule has 32 valence electrons. The van der Waals surface area contributed by atoms with Crippen molar-refractivity contribution in [2.75, 3.05) is 0 Å². The van der Waals surface area contributed by atoms with Gasteiger partial charge in [-0.05, 0) is 6.16 Å². The zero-order valence-corrected chi connectivity index (χ0v) is 13.8. The molecule has 3 nitrogen and oxygen atoms in total. The number of halogens is 1. The van der Waals surface area contributed by atoms with Crippen LogP contribution < -0.4 is 91.5 Å². The van der Waals surface area contributed by atoms with Crippen LogP contribution in [0.5, 0.6) is 0 Å². The number of hydrogen-bond acceptors (Lipinski definition) is 3. The zero-order chi connectivity index (χ0) is 3.58. The summed E-state index contributed by atoms with van der Waals surface area (Å²) in [5.41, 5.74) is 0. The van der Waals surface area contributed by atoms with Gasteiger partial charge in [0.15, 0.2) is 0 Å². The van der Waals surface area contributed by atoms with Crippen LogP contribution in [0.4, 0.5) is 4.79 Å². The van der Waals surface area contributed by atoms with Gasteiger partial charge in [0, 0.05) is 0 Å². The maximum Gasteiger partial charge on any atom is 2.00 e. The van der Waals surface area contributed by atoms with Crippen molar-refractivity contribution in [2.24, 2.45) is 0 Å². The molecule has 0 fully saturated rings. The van der Waals surface area contributed by atoms with E-state index in [2.05, 4.69) is 0 Å². The molecule has 0 radical (unpaired) electrons. The molecule has 0 aliphatic carbocycles. The van der Waals surface area contributed by atoms with Crippen molar-refractivity contribution in [2.45, 2.75) is 0 Å². The number of carboxylic acid groups (broad SMARTS) is 2. The summed E-state index contributed by atoms with van der Waals surface area (Å²) < 4.78 is 0. The number of carbonyl (C=O) groups is 1. The molecule has 6 heteroatoms. The van der Waals surface area contributed by atoms with Gasteiger partial charge in [0.1, 0.15) is 0 Å². The molecule has 0 amide bonds. The molecule has 0 saturated carbocycles. The van der Waals surface area contributed by atoms with Crippen LogP contribution in [0.1, 0.15) is 0 Å². The summed E-state index contributed by atoms with van der Waals surface area (Å²) in [6, 6.07) is 0. The van der Waals surface area contributed by atoms with E-state index < -0.39 is 6.16 Å². The second kappa shape index (κ2) is 15.7. The fourth-order valence-electron chi connectivity index (χ4n) is 0. The third-order valence-corrected chi connectivity index (χ3v) is 0. The smallest absolute Gasteiger partial charge is 1.00 e. The van der Waals surface area contributed by atoms with Gasteiger partial charge in [-0.25, -0.2) is 0 Å². The van der Waals surface area contributed by atoms with Crippen LogP contribution in [0, 0.1) is 0 Å². The molecule has 0 atom stereocenters. The van der Waals surface area contributed by atoms with Gasteiger partial charge in [0.2, 0.25) is 0 Å². The molecule has 0 aromatic carbocycles. The Balaban J connectivity index is -0.0000000150. The minimum Gasteiger partial charge on any atom is -1.00 e. The van der Waals surface area contributed by atoms with Crippen LogP contribution >= 0.6 is 0 Å². The Hall–Kier alpha value is 2.24. The molecule has 0 aliphatic heterocycles. The fraction of sp³-hybridized carbons (Fsp3) is 0. The van der Waals surface area contributed by atoms with Gasteiger partial charge >= 0.3 is 88.4 Å². The van der Waals surface area contributed by atoms with E-state index in [1.165, 1.54) is 0 Å². The molecule has 0 N–H and O–H groups in total. The predicted molar refractivity (Wildman–Crippen MR) is 5.40 cm³/mol. The average Bonchev–Trinajstić information content (AvgIpc) is 0.811. The van der Waals surface area contributed by atoms with Crippen molar-refractivity contribution < 1.29 is 116 Å². The van der Waals surface area contributed by atoms with Gasteiger partial charge in [-0.2, -0.15) is 0 Å². The molecule has 0 unspecified atom stereocenters. The van der Waals surface area contributed by atoms with Crippen molar-refractivity contribution in [3.8, 4) is 0 Å². The minimum absolute atomic E-state index is 0. The third-order valence-electron chi connectivity index (χ3n) is 0. The Morgan fingerprint density at radius 3 is 1.29 bits per heavy atom. The number of rotatable bonds is 0. The van der Waals surface area contributed by atoms with Crippen LogP contribution in [-0.4, -0.2) is 6.16 Å².